The molecule has 0 spiro atoms. The Hall–Kier alpha value is -2.34. The van der Waals surface area contributed by atoms with E-state index in [1.807, 2.05) is 22.4 Å². The summed E-state index contributed by atoms with van der Waals surface area (Å²) in [6, 6.07) is 11.3. The standard InChI is InChI=1S/C18H20N2O3S/c1-23-18(22)13-6-2-3-7-14(13)19-12-17(21)20-10-4-8-15(20)16-9-5-11-24-16/h2-3,5-7,9,11,15,19H,4,8,10,12H2,1H3. The molecule has 126 valence electrons. The van der Waals surface area contributed by atoms with Crippen LogP contribution in [0, 0.1) is 0 Å². The van der Waals surface area contributed by atoms with Gasteiger partial charge >= 0.3 is 5.97 Å². The average molecular weight is 344 g/mol. The van der Waals surface area contributed by atoms with Crippen LogP contribution in [0.15, 0.2) is 41.8 Å². The zero-order valence-corrected chi connectivity index (χ0v) is 14.3. The van der Waals surface area contributed by atoms with Crippen LogP contribution in [0.2, 0.25) is 0 Å². The predicted molar refractivity (Wildman–Crippen MR) is 94.3 cm³/mol. The van der Waals surface area contributed by atoms with Crippen molar-refractivity contribution in [3.05, 3.63) is 52.2 Å². The van der Waals surface area contributed by atoms with Gasteiger partial charge < -0.3 is 15.0 Å². The number of carbonyl (C=O) groups excluding carboxylic acids is 2. The molecule has 1 amide bonds. The maximum Gasteiger partial charge on any atom is 0.339 e. The van der Waals surface area contributed by atoms with Gasteiger partial charge in [0.25, 0.3) is 0 Å². The summed E-state index contributed by atoms with van der Waals surface area (Å²) in [5, 5.41) is 5.13. The van der Waals surface area contributed by atoms with Gasteiger partial charge in [-0.05, 0) is 36.4 Å². The van der Waals surface area contributed by atoms with Crippen LogP contribution in [-0.2, 0) is 9.53 Å². The highest BCUT2D eigenvalue weighted by Gasteiger charge is 2.30. The normalized spacial score (nSPS) is 16.9. The third-order valence-electron chi connectivity index (χ3n) is 4.21. The second-order valence-corrected chi connectivity index (χ2v) is 6.63. The van der Waals surface area contributed by atoms with Gasteiger partial charge in [0.2, 0.25) is 5.91 Å². The highest BCUT2D eigenvalue weighted by molar-refractivity contribution is 7.10. The number of amides is 1. The third-order valence-corrected chi connectivity index (χ3v) is 5.18. The molecule has 1 unspecified atom stereocenters. The number of nitrogens with zero attached hydrogens (tertiary/aromatic N) is 1. The van der Waals surface area contributed by atoms with Gasteiger partial charge in [0.1, 0.15) is 0 Å². The number of para-hydroxylation sites is 1. The van der Waals surface area contributed by atoms with Crippen LogP contribution in [-0.4, -0.2) is 37.0 Å². The van der Waals surface area contributed by atoms with E-state index in [1.165, 1.54) is 12.0 Å². The van der Waals surface area contributed by atoms with E-state index in [4.69, 9.17) is 4.74 Å². The van der Waals surface area contributed by atoms with E-state index >= 15 is 0 Å². The van der Waals surface area contributed by atoms with Gasteiger partial charge in [-0.3, -0.25) is 4.79 Å². The number of hydrogen-bond donors (Lipinski definition) is 1. The Balaban J connectivity index is 1.67. The molecule has 3 rings (SSSR count). The number of carbonyl (C=O) groups is 2. The maximum atomic E-state index is 12.6. The minimum Gasteiger partial charge on any atom is -0.465 e. The molecule has 1 fully saturated rings. The first kappa shape index (κ1) is 16.5. The summed E-state index contributed by atoms with van der Waals surface area (Å²) in [5.74, 6) is -0.367. The van der Waals surface area contributed by atoms with Crippen molar-refractivity contribution in [2.45, 2.75) is 18.9 Å². The Morgan fingerprint density at radius 1 is 1.29 bits per heavy atom. The van der Waals surface area contributed by atoms with Crippen LogP contribution >= 0.6 is 11.3 Å². The number of benzene rings is 1. The number of esters is 1. The zero-order chi connectivity index (χ0) is 16.9. The number of likely N-dealkylation sites (tertiary alicyclic amines) is 1. The van der Waals surface area contributed by atoms with Gasteiger partial charge in [-0.15, -0.1) is 11.3 Å². The summed E-state index contributed by atoms with van der Waals surface area (Å²) in [6.07, 6.45) is 2.03. The number of hydrogen-bond acceptors (Lipinski definition) is 5. The molecule has 0 radical (unpaired) electrons. The fourth-order valence-electron chi connectivity index (χ4n) is 3.04. The molecule has 2 aromatic rings. The molecule has 6 heteroatoms. The van der Waals surface area contributed by atoms with Crippen LogP contribution in [0.25, 0.3) is 0 Å². The quantitative estimate of drug-likeness (QED) is 0.846. The van der Waals surface area contributed by atoms with Gasteiger partial charge in [-0.1, -0.05) is 18.2 Å². The monoisotopic (exact) mass is 344 g/mol. The van der Waals surface area contributed by atoms with Crippen LogP contribution in [0.5, 0.6) is 0 Å². The van der Waals surface area contributed by atoms with E-state index in [9.17, 15) is 9.59 Å². The van der Waals surface area contributed by atoms with Gasteiger partial charge in [0.15, 0.2) is 0 Å². The van der Waals surface area contributed by atoms with Crippen molar-refractivity contribution in [1.82, 2.24) is 4.90 Å². The molecule has 1 aliphatic rings. The summed E-state index contributed by atoms with van der Waals surface area (Å²) in [5.41, 5.74) is 1.05. The Kier molecular flexibility index (Phi) is 5.15. The first-order valence-corrected chi connectivity index (χ1v) is 8.82. The predicted octanol–water partition coefficient (Wildman–Crippen LogP) is 3.31. The fourth-order valence-corrected chi connectivity index (χ4v) is 3.91. The molecule has 1 aromatic carbocycles. The molecule has 2 heterocycles. The van der Waals surface area contributed by atoms with E-state index in [1.54, 1.807) is 29.5 Å². The Morgan fingerprint density at radius 3 is 2.88 bits per heavy atom. The van der Waals surface area contributed by atoms with Crippen molar-refractivity contribution < 1.29 is 14.3 Å². The molecule has 1 saturated heterocycles. The van der Waals surface area contributed by atoms with Crippen LogP contribution in [0.1, 0.15) is 34.1 Å². The van der Waals surface area contributed by atoms with Gasteiger partial charge in [-0.2, -0.15) is 0 Å². The van der Waals surface area contributed by atoms with E-state index in [0.29, 0.717) is 11.3 Å². The molecule has 24 heavy (non-hydrogen) atoms. The van der Waals surface area contributed by atoms with Crippen LogP contribution in [0.3, 0.4) is 0 Å². The van der Waals surface area contributed by atoms with Crippen molar-refractivity contribution in [1.29, 1.82) is 0 Å². The summed E-state index contributed by atoms with van der Waals surface area (Å²) in [4.78, 5) is 27.6. The van der Waals surface area contributed by atoms with E-state index < -0.39 is 5.97 Å². The Morgan fingerprint density at radius 2 is 2.12 bits per heavy atom. The lowest BCUT2D eigenvalue weighted by atomic mass is 10.1. The number of anilines is 1. The van der Waals surface area contributed by atoms with Gasteiger partial charge in [0, 0.05) is 17.1 Å². The molecule has 0 aliphatic carbocycles. The third kappa shape index (κ3) is 3.43. The molecule has 1 aliphatic heterocycles. The first-order valence-electron chi connectivity index (χ1n) is 7.95. The molecular weight excluding hydrogens is 324 g/mol. The summed E-state index contributed by atoms with van der Waals surface area (Å²) < 4.78 is 4.78. The van der Waals surface area contributed by atoms with Crippen molar-refractivity contribution in [3.63, 3.8) is 0 Å². The average Bonchev–Trinajstić information content (AvgIpc) is 3.29. The second-order valence-electron chi connectivity index (χ2n) is 5.65. The van der Waals surface area contributed by atoms with Crippen molar-refractivity contribution >= 4 is 28.9 Å². The number of ether oxygens (including phenoxy) is 1. The molecule has 0 bridgehead atoms. The number of thiophene rings is 1. The van der Waals surface area contributed by atoms with Crippen molar-refractivity contribution in [2.24, 2.45) is 0 Å². The molecule has 5 nitrogen and oxygen atoms in total. The number of nitrogens with one attached hydrogen (secondary N) is 1. The summed E-state index contributed by atoms with van der Waals surface area (Å²) >= 11 is 1.69. The molecule has 0 saturated carbocycles. The molecule has 1 aromatic heterocycles. The lowest BCUT2D eigenvalue weighted by molar-refractivity contribution is -0.130. The van der Waals surface area contributed by atoms with Crippen LogP contribution in [0.4, 0.5) is 5.69 Å². The Labute approximate surface area is 145 Å². The topological polar surface area (TPSA) is 58.6 Å². The van der Waals surface area contributed by atoms with E-state index in [0.717, 1.165) is 19.4 Å². The molecule has 1 N–H and O–H groups in total. The highest BCUT2D eigenvalue weighted by atomic mass is 32.1. The van der Waals surface area contributed by atoms with Crippen LogP contribution < -0.4 is 5.32 Å². The fraction of sp³-hybridized carbons (Fsp3) is 0.333. The van der Waals surface area contributed by atoms with Crippen molar-refractivity contribution in [3.8, 4) is 0 Å². The molecular formula is C18H20N2O3S. The SMILES string of the molecule is COC(=O)c1ccccc1NCC(=O)N1CCCC1c1cccs1. The first-order chi connectivity index (χ1) is 11.7. The smallest absolute Gasteiger partial charge is 0.339 e. The highest BCUT2D eigenvalue weighted by Crippen LogP contribution is 2.34. The van der Waals surface area contributed by atoms with Gasteiger partial charge in [0.05, 0.1) is 25.3 Å². The number of methoxy groups -OCH3 is 1. The zero-order valence-electron chi connectivity index (χ0n) is 13.5. The van der Waals surface area contributed by atoms with Gasteiger partial charge in [-0.25, -0.2) is 4.79 Å². The lowest BCUT2D eigenvalue weighted by Gasteiger charge is -2.24. The summed E-state index contributed by atoms with van der Waals surface area (Å²) in [6.45, 7) is 0.942. The van der Waals surface area contributed by atoms with E-state index in [-0.39, 0.29) is 18.5 Å². The molecule has 1 atom stereocenters. The second kappa shape index (κ2) is 7.49. The number of rotatable bonds is 5. The maximum absolute atomic E-state index is 12.6. The largest absolute Gasteiger partial charge is 0.465 e. The van der Waals surface area contributed by atoms with E-state index in [2.05, 4.69) is 11.4 Å². The minimum absolute atomic E-state index is 0.0468. The van der Waals surface area contributed by atoms with Crippen molar-refractivity contribution in [2.75, 3.05) is 25.5 Å². The summed E-state index contributed by atoms with van der Waals surface area (Å²) in [7, 11) is 1.35. The Bertz CT molecular complexity index is 715. The lowest BCUT2D eigenvalue weighted by Crippen LogP contribution is -2.35. The minimum atomic E-state index is -0.414.